The number of benzene rings is 2. The van der Waals surface area contributed by atoms with Crippen LogP contribution < -0.4 is 10.1 Å². The second kappa shape index (κ2) is 6.88. The van der Waals surface area contributed by atoms with E-state index in [0.717, 1.165) is 28.3 Å². The van der Waals surface area contributed by atoms with Crippen LogP contribution in [0.25, 0.3) is 22.4 Å². The molecule has 0 aliphatic heterocycles. The van der Waals surface area contributed by atoms with Crippen LogP contribution in [-0.4, -0.2) is 17.1 Å². The molecule has 0 aliphatic carbocycles. The normalized spacial score (nSPS) is 12.1. The summed E-state index contributed by atoms with van der Waals surface area (Å²) in [5.41, 5.74) is 2.72. The minimum atomic E-state index is 0.119. The lowest BCUT2D eigenvalue weighted by molar-refractivity contribution is 0.415. The fourth-order valence-corrected chi connectivity index (χ4v) is 2.90. The molecule has 0 spiro atoms. The maximum Gasteiger partial charge on any atom is 0.231 e. The highest BCUT2D eigenvalue weighted by atomic mass is 16.5. The largest absolute Gasteiger partial charge is 0.497 e. The van der Waals surface area contributed by atoms with Gasteiger partial charge >= 0.3 is 0 Å². The first-order valence-corrected chi connectivity index (χ1v) is 8.45. The van der Waals surface area contributed by atoms with E-state index in [9.17, 15) is 0 Å². The van der Waals surface area contributed by atoms with Gasteiger partial charge in [-0.25, -0.2) is 9.97 Å². The Morgan fingerprint density at radius 2 is 1.77 bits per heavy atom. The van der Waals surface area contributed by atoms with Crippen LogP contribution in [-0.2, 0) is 0 Å². The quantitative estimate of drug-likeness (QED) is 0.547. The molecule has 130 valence electrons. The Labute approximate surface area is 151 Å². The molecule has 0 unspecified atom stereocenters. The molecule has 0 radical (unpaired) electrons. The molecule has 4 rings (SSSR count). The van der Waals surface area contributed by atoms with Gasteiger partial charge in [0.15, 0.2) is 0 Å². The summed E-state index contributed by atoms with van der Waals surface area (Å²) >= 11 is 0. The van der Waals surface area contributed by atoms with E-state index in [1.54, 1.807) is 7.11 Å². The van der Waals surface area contributed by atoms with Gasteiger partial charge < -0.3 is 14.5 Å². The molecule has 1 atom stereocenters. The van der Waals surface area contributed by atoms with Crippen molar-refractivity contribution in [1.82, 2.24) is 9.97 Å². The molecule has 5 heteroatoms. The van der Waals surface area contributed by atoms with Crippen molar-refractivity contribution in [2.45, 2.75) is 13.0 Å². The van der Waals surface area contributed by atoms with Gasteiger partial charge in [0.25, 0.3) is 0 Å². The van der Waals surface area contributed by atoms with Crippen LogP contribution >= 0.6 is 0 Å². The number of aromatic nitrogens is 2. The number of ether oxygens (including phenoxy) is 1. The summed E-state index contributed by atoms with van der Waals surface area (Å²) in [6, 6.07) is 20.1. The average Bonchev–Trinajstić information content (AvgIpc) is 3.14. The highest BCUT2D eigenvalue weighted by Gasteiger charge is 2.14. The fraction of sp³-hybridized carbons (Fsp3) is 0.143. The van der Waals surface area contributed by atoms with E-state index in [0.29, 0.717) is 5.71 Å². The van der Waals surface area contributed by atoms with Gasteiger partial charge in [-0.3, -0.25) is 0 Å². The highest BCUT2D eigenvalue weighted by molar-refractivity contribution is 5.89. The predicted molar refractivity (Wildman–Crippen MR) is 102 cm³/mol. The first-order chi connectivity index (χ1) is 12.7. The SMILES string of the molecule is COc1ccc(-c2cc3c(N[C@@H](C)c4ccccc4)ncnc3o2)cc1. The summed E-state index contributed by atoms with van der Waals surface area (Å²) in [7, 11) is 1.65. The molecule has 2 heterocycles. The van der Waals surface area contributed by atoms with E-state index in [-0.39, 0.29) is 6.04 Å². The van der Waals surface area contributed by atoms with Crippen LogP contribution in [0.15, 0.2) is 71.4 Å². The van der Waals surface area contributed by atoms with E-state index in [2.05, 4.69) is 34.3 Å². The van der Waals surface area contributed by atoms with Gasteiger partial charge in [-0.1, -0.05) is 30.3 Å². The Bertz CT molecular complexity index is 1010. The van der Waals surface area contributed by atoms with E-state index >= 15 is 0 Å². The van der Waals surface area contributed by atoms with Crippen LogP contribution in [0.3, 0.4) is 0 Å². The third kappa shape index (κ3) is 3.11. The number of anilines is 1. The smallest absolute Gasteiger partial charge is 0.231 e. The molecular formula is C21H19N3O2. The molecule has 0 amide bonds. The van der Waals surface area contributed by atoms with Crippen molar-refractivity contribution in [3.8, 4) is 17.1 Å². The Morgan fingerprint density at radius 1 is 1.00 bits per heavy atom. The van der Waals surface area contributed by atoms with Crippen LogP contribution in [0.5, 0.6) is 5.75 Å². The monoisotopic (exact) mass is 345 g/mol. The van der Waals surface area contributed by atoms with Crippen LogP contribution in [0.2, 0.25) is 0 Å². The molecule has 0 fully saturated rings. The number of nitrogens with one attached hydrogen (secondary N) is 1. The number of methoxy groups -OCH3 is 1. The molecule has 0 aliphatic rings. The molecule has 4 aromatic rings. The second-order valence-corrected chi connectivity index (χ2v) is 6.06. The van der Waals surface area contributed by atoms with Crippen LogP contribution in [0.1, 0.15) is 18.5 Å². The predicted octanol–water partition coefficient (Wildman–Crippen LogP) is 5.07. The van der Waals surface area contributed by atoms with Gasteiger partial charge in [0.1, 0.15) is 23.7 Å². The second-order valence-electron chi connectivity index (χ2n) is 6.06. The molecule has 1 N–H and O–H groups in total. The summed E-state index contributed by atoms with van der Waals surface area (Å²) in [6.07, 6.45) is 1.52. The maximum atomic E-state index is 5.92. The van der Waals surface area contributed by atoms with E-state index in [4.69, 9.17) is 9.15 Å². The number of hydrogen-bond donors (Lipinski definition) is 1. The lowest BCUT2D eigenvalue weighted by Crippen LogP contribution is -2.08. The Kier molecular flexibility index (Phi) is 4.27. The first-order valence-electron chi connectivity index (χ1n) is 8.45. The molecule has 5 nitrogen and oxygen atoms in total. The summed E-state index contributed by atoms with van der Waals surface area (Å²) < 4.78 is 11.1. The maximum absolute atomic E-state index is 5.92. The lowest BCUT2D eigenvalue weighted by Gasteiger charge is -2.14. The van der Waals surface area contributed by atoms with Crippen LogP contribution in [0, 0.1) is 0 Å². The average molecular weight is 345 g/mol. The van der Waals surface area contributed by atoms with Gasteiger partial charge in [-0.2, -0.15) is 0 Å². The molecule has 26 heavy (non-hydrogen) atoms. The molecule has 0 saturated carbocycles. The summed E-state index contributed by atoms with van der Waals surface area (Å²) in [5.74, 6) is 2.32. The minimum Gasteiger partial charge on any atom is -0.497 e. The number of furan rings is 1. The molecule has 0 saturated heterocycles. The first kappa shape index (κ1) is 16.1. The summed E-state index contributed by atoms with van der Waals surface area (Å²) in [5, 5.41) is 4.32. The van der Waals surface area contributed by atoms with E-state index in [1.807, 2.05) is 48.5 Å². The fourth-order valence-electron chi connectivity index (χ4n) is 2.90. The van der Waals surface area contributed by atoms with E-state index in [1.165, 1.54) is 11.9 Å². The van der Waals surface area contributed by atoms with Gasteiger partial charge in [-0.05, 0) is 42.8 Å². The van der Waals surface area contributed by atoms with Gasteiger partial charge in [0.2, 0.25) is 5.71 Å². The lowest BCUT2D eigenvalue weighted by atomic mass is 10.1. The zero-order valence-corrected chi connectivity index (χ0v) is 14.6. The molecule has 2 aromatic carbocycles. The van der Waals surface area contributed by atoms with Crippen molar-refractivity contribution >= 4 is 16.9 Å². The molecule has 0 bridgehead atoms. The summed E-state index contributed by atoms with van der Waals surface area (Å²) in [4.78, 5) is 8.66. The number of nitrogens with zero attached hydrogens (tertiary/aromatic N) is 2. The third-order valence-corrected chi connectivity index (χ3v) is 4.36. The zero-order chi connectivity index (χ0) is 17.9. The Hall–Kier alpha value is -3.34. The van der Waals surface area contributed by atoms with Gasteiger partial charge in [0.05, 0.1) is 12.5 Å². The van der Waals surface area contributed by atoms with E-state index < -0.39 is 0 Å². The topological polar surface area (TPSA) is 60.2 Å². The van der Waals surface area contributed by atoms with Crippen molar-refractivity contribution in [1.29, 1.82) is 0 Å². The van der Waals surface area contributed by atoms with Crippen molar-refractivity contribution in [3.63, 3.8) is 0 Å². The van der Waals surface area contributed by atoms with Crippen molar-refractivity contribution in [2.75, 3.05) is 12.4 Å². The number of fused-ring (bicyclic) bond motifs is 1. The summed E-state index contributed by atoms with van der Waals surface area (Å²) in [6.45, 7) is 2.10. The molecule has 2 aromatic heterocycles. The number of hydrogen-bond acceptors (Lipinski definition) is 5. The third-order valence-electron chi connectivity index (χ3n) is 4.36. The van der Waals surface area contributed by atoms with Crippen molar-refractivity contribution in [2.24, 2.45) is 0 Å². The van der Waals surface area contributed by atoms with Gasteiger partial charge in [0, 0.05) is 11.6 Å². The minimum absolute atomic E-state index is 0.119. The Balaban J connectivity index is 1.67. The van der Waals surface area contributed by atoms with Crippen molar-refractivity contribution < 1.29 is 9.15 Å². The standard InChI is InChI=1S/C21H19N3O2/c1-14(15-6-4-3-5-7-15)24-20-18-12-19(26-21(18)23-13-22-20)16-8-10-17(25-2)11-9-16/h3-14H,1-2H3,(H,22,23,24)/t14-/m0/s1. The van der Waals surface area contributed by atoms with Crippen molar-refractivity contribution in [3.05, 3.63) is 72.6 Å². The zero-order valence-electron chi connectivity index (χ0n) is 14.6. The number of rotatable bonds is 5. The molecular weight excluding hydrogens is 326 g/mol. The van der Waals surface area contributed by atoms with Gasteiger partial charge in [-0.15, -0.1) is 0 Å². The Morgan fingerprint density at radius 3 is 2.50 bits per heavy atom. The van der Waals surface area contributed by atoms with Crippen LogP contribution in [0.4, 0.5) is 5.82 Å². The highest BCUT2D eigenvalue weighted by Crippen LogP contribution is 2.32.